The van der Waals surface area contributed by atoms with E-state index in [1.807, 2.05) is 0 Å². The van der Waals surface area contributed by atoms with E-state index < -0.39 is 0 Å². The van der Waals surface area contributed by atoms with Crippen LogP contribution in [0.1, 0.15) is 54.0 Å². The normalized spacial score (nSPS) is 16.1. The van der Waals surface area contributed by atoms with Crippen LogP contribution >= 0.6 is 12.2 Å². The predicted molar refractivity (Wildman–Crippen MR) is 156 cm³/mol. The number of morpholine rings is 1. The highest BCUT2D eigenvalue weighted by Gasteiger charge is 2.19. The average molecular weight is 509 g/mol. The number of benzene rings is 2. The van der Waals surface area contributed by atoms with Crippen molar-refractivity contribution < 1.29 is 4.74 Å². The maximum atomic E-state index is 6.03. The summed E-state index contributed by atoms with van der Waals surface area (Å²) >= 11 is 6.03. The molecule has 0 radical (unpaired) electrons. The molecule has 0 aliphatic carbocycles. The van der Waals surface area contributed by atoms with E-state index in [9.17, 15) is 0 Å². The molecule has 2 aliphatic rings. The fraction of sp³-hybridized carbons (Fsp3) is 0.567. The van der Waals surface area contributed by atoms with Crippen molar-refractivity contribution in [1.29, 1.82) is 0 Å². The summed E-state index contributed by atoms with van der Waals surface area (Å²) in [5.74, 6) is 0. The maximum Gasteiger partial charge on any atom is 0.173 e. The lowest BCUT2D eigenvalue weighted by molar-refractivity contribution is 0.0368. The monoisotopic (exact) mass is 508 g/mol. The zero-order chi connectivity index (χ0) is 25.5. The molecule has 0 saturated carbocycles. The SMILES string of the molecule is CCCN1CCCc2cc(CN(CCCN3CCOCC3)C(=S)Nc3c(C)cc(C)cc3C)ccc21. The number of ether oxygens (including phenoxy) is 1. The molecule has 1 N–H and O–H groups in total. The number of nitrogens with one attached hydrogen (secondary N) is 1. The number of fused-ring (bicyclic) bond motifs is 1. The van der Waals surface area contributed by atoms with Crippen molar-refractivity contribution in [3.63, 3.8) is 0 Å². The Morgan fingerprint density at radius 2 is 1.78 bits per heavy atom. The summed E-state index contributed by atoms with van der Waals surface area (Å²) in [5.41, 5.74) is 9.18. The highest BCUT2D eigenvalue weighted by atomic mass is 32.1. The summed E-state index contributed by atoms with van der Waals surface area (Å²) in [7, 11) is 0. The first-order chi connectivity index (χ1) is 17.4. The van der Waals surface area contributed by atoms with Crippen molar-refractivity contribution in [3.05, 3.63) is 58.1 Å². The molecule has 0 spiro atoms. The first kappa shape index (κ1) is 26.9. The minimum atomic E-state index is 0.817. The second-order valence-electron chi connectivity index (χ2n) is 10.5. The van der Waals surface area contributed by atoms with Crippen molar-refractivity contribution in [2.24, 2.45) is 0 Å². The van der Waals surface area contributed by atoms with Gasteiger partial charge in [-0.1, -0.05) is 36.8 Å². The van der Waals surface area contributed by atoms with Crippen molar-refractivity contribution in [2.75, 3.05) is 62.7 Å². The second kappa shape index (κ2) is 12.9. The van der Waals surface area contributed by atoms with Crippen LogP contribution in [0.4, 0.5) is 11.4 Å². The lowest BCUT2D eigenvalue weighted by Crippen LogP contribution is -2.40. The van der Waals surface area contributed by atoms with E-state index in [0.717, 1.165) is 69.7 Å². The van der Waals surface area contributed by atoms with Gasteiger partial charge in [0.05, 0.1) is 13.2 Å². The zero-order valence-electron chi connectivity index (χ0n) is 22.7. The van der Waals surface area contributed by atoms with Gasteiger partial charge in [-0.15, -0.1) is 0 Å². The third-order valence-corrected chi connectivity index (χ3v) is 7.79. The molecule has 5 nitrogen and oxygen atoms in total. The number of hydrogen-bond donors (Lipinski definition) is 1. The molecule has 196 valence electrons. The van der Waals surface area contributed by atoms with E-state index >= 15 is 0 Å². The van der Waals surface area contributed by atoms with Crippen molar-refractivity contribution in [3.8, 4) is 0 Å². The van der Waals surface area contributed by atoms with Gasteiger partial charge in [-0.2, -0.15) is 0 Å². The quantitative estimate of drug-likeness (QED) is 0.438. The molecule has 0 aromatic heterocycles. The summed E-state index contributed by atoms with van der Waals surface area (Å²) in [4.78, 5) is 7.42. The molecular weight excluding hydrogens is 464 g/mol. The van der Waals surface area contributed by atoms with Crippen LogP contribution in [0, 0.1) is 20.8 Å². The van der Waals surface area contributed by atoms with E-state index in [4.69, 9.17) is 17.0 Å². The molecule has 0 unspecified atom stereocenters. The lowest BCUT2D eigenvalue weighted by Gasteiger charge is -2.32. The Balaban J connectivity index is 1.49. The van der Waals surface area contributed by atoms with E-state index in [0.29, 0.717) is 0 Å². The van der Waals surface area contributed by atoms with Crippen LogP contribution in [0.25, 0.3) is 0 Å². The summed E-state index contributed by atoms with van der Waals surface area (Å²) < 4.78 is 5.52. The Morgan fingerprint density at radius 3 is 2.50 bits per heavy atom. The molecule has 2 aromatic carbocycles. The van der Waals surface area contributed by atoms with Gasteiger partial charge in [0.15, 0.2) is 5.11 Å². The smallest absolute Gasteiger partial charge is 0.173 e. The Morgan fingerprint density at radius 1 is 1.03 bits per heavy atom. The average Bonchev–Trinajstić information content (AvgIpc) is 2.86. The predicted octanol–water partition coefficient (Wildman–Crippen LogP) is 5.70. The zero-order valence-corrected chi connectivity index (χ0v) is 23.6. The lowest BCUT2D eigenvalue weighted by atomic mass is 9.98. The molecule has 0 bridgehead atoms. The molecule has 1 fully saturated rings. The van der Waals surface area contributed by atoms with Crippen molar-refractivity contribution in [1.82, 2.24) is 9.80 Å². The minimum absolute atomic E-state index is 0.817. The molecule has 0 atom stereocenters. The molecule has 0 amide bonds. The molecule has 1 saturated heterocycles. The van der Waals surface area contributed by atoms with Crippen LogP contribution in [0.5, 0.6) is 0 Å². The molecule has 2 aliphatic heterocycles. The topological polar surface area (TPSA) is 31.0 Å². The highest BCUT2D eigenvalue weighted by Crippen LogP contribution is 2.29. The number of aryl methyl sites for hydroxylation is 4. The molecule has 4 rings (SSSR count). The van der Waals surface area contributed by atoms with Crippen molar-refractivity contribution >= 4 is 28.7 Å². The number of rotatable bonds is 9. The Labute approximate surface area is 223 Å². The van der Waals surface area contributed by atoms with Crippen LogP contribution in [-0.4, -0.2) is 67.4 Å². The minimum Gasteiger partial charge on any atom is -0.379 e. The van der Waals surface area contributed by atoms with Gasteiger partial charge in [0, 0.05) is 57.2 Å². The van der Waals surface area contributed by atoms with Gasteiger partial charge in [-0.05, 0) is 87.0 Å². The molecule has 2 heterocycles. The van der Waals surface area contributed by atoms with E-state index in [-0.39, 0.29) is 0 Å². The van der Waals surface area contributed by atoms with Gasteiger partial charge in [-0.25, -0.2) is 0 Å². The summed E-state index contributed by atoms with van der Waals surface area (Å²) in [6, 6.07) is 11.5. The fourth-order valence-corrected chi connectivity index (χ4v) is 5.93. The first-order valence-electron chi connectivity index (χ1n) is 13.7. The number of anilines is 2. The second-order valence-corrected chi connectivity index (χ2v) is 10.9. The summed E-state index contributed by atoms with van der Waals surface area (Å²) in [6.45, 7) is 17.7. The molecule has 6 heteroatoms. The Kier molecular flexibility index (Phi) is 9.63. The molecular formula is C30H44N4OS. The van der Waals surface area contributed by atoms with Gasteiger partial charge in [0.2, 0.25) is 0 Å². The summed E-state index contributed by atoms with van der Waals surface area (Å²) in [5, 5.41) is 4.43. The standard InChI is InChI=1S/C30H44N4OS/c1-5-11-33-13-6-8-27-21-26(9-10-28(27)33)22-34(14-7-12-32-15-17-35-18-16-32)30(36)31-29-24(3)19-23(2)20-25(29)4/h9-10,19-21H,5-8,11-18,22H2,1-4H3,(H,31,36). The number of nitrogens with zero attached hydrogens (tertiary/aromatic N) is 3. The third kappa shape index (κ3) is 6.99. The van der Waals surface area contributed by atoms with Gasteiger partial charge in [-0.3, -0.25) is 4.90 Å². The van der Waals surface area contributed by atoms with Gasteiger partial charge in [0.1, 0.15) is 0 Å². The van der Waals surface area contributed by atoms with Crippen LogP contribution in [-0.2, 0) is 17.7 Å². The molecule has 2 aromatic rings. The maximum absolute atomic E-state index is 6.03. The van der Waals surface area contributed by atoms with Crippen molar-refractivity contribution in [2.45, 2.75) is 59.9 Å². The summed E-state index contributed by atoms with van der Waals surface area (Å²) in [6.07, 6.45) is 4.69. The van der Waals surface area contributed by atoms with Crippen LogP contribution in [0.15, 0.2) is 30.3 Å². The number of thiocarbonyl (C=S) groups is 1. The largest absolute Gasteiger partial charge is 0.379 e. The first-order valence-corrected chi connectivity index (χ1v) is 14.2. The number of hydrogen-bond acceptors (Lipinski definition) is 4. The Bertz CT molecular complexity index is 1010. The fourth-order valence-electron chi connectivity index (χ4n) is 5.67. The van der Waals surface area contributed by atoms with Crippen LogP contribution in [0.3, 0.4) is 0 Å². The molecule has 36 heavy (non-hydrogen) atoms. The van der Waals surface area contributed by atoms with Gasteiger partial charge in [0.25, 0.3) is 0 Å². The van der Waals surface area contributed by atoms with Gasteiger partial charge >= 0.3 is 0 Å². The highest BCUT2D eigenvalue weighted by molar-refractivity contribution is 7.80. The van der Waals surface area contributed by atoms with Crippen LogP contribution < -0.4 is 10.2 Å². The Hall–Kier alpha value is -2.15. The van der Waals surface area contributed by atoms with Crippen LogP contribution in [0.2, 0.25) is 0 Å². The third-order valence-electron chi connectivity index (χ3n) is 7.43. The van der Waals surface area contributed by atoms with E-state index in [1.54, 1.807) is 0 Å². The van der Waals surface area contributed by atoms with Gasteiger partial charge < -0.3 is 19.9 Å². The van der Waals surface area contributed by atoms with E-state index in [1.165, 1.54) is 59.3 Å². The van der Waals surface area contributed by atoms with E-state index in [2.05, 4.69) is 78.0 Å².